The summed E-state index contributed by atoms with van der Waals surface area (Å²) in [5.41, 5.74) is 0.632. The van der Waals surface area contributed by atoms with Gasteiger partial charge in [0, 0.05) is 29.1 Å². The maximum atomic E-state index is 4.55. The van der Waals surface area contributed by atoms with Crippen molar-refractivity contribution in [3.8, 4) is 0 Å². The lowest BCUT2D eigenvalue weighted by Gasteiger charge is -2.27. The van der Waals surface area contributed by atoms with Crippen molar-refractivity contribution in [2.75, 3.05) is 0 Å². The molecule has 1 atom stereocenters. The Balaban J connectivity index is 1.93. The average molecular weight is 266 g/mol. The lowest BCUT2D eigenvalue weighted by molar-refractivity contribution is 0.283. The van der Waals surface area contributed by atoms with Crippen LogP contribution in [0.2, 0.25) is 0 Å². The Kier molecular flexibility index (Phi) is 3.84. The zero-order valence-electron chi connectivity index (χ0n) is 12.3. The molecule has 1 saturated carbocycles. The summed E-state index contributed by atoms with van der Waals surface area (Å²) in [5, 5.41) is 4.96. The van der Waals surface area contributed by atoms with Crippen molar-refractivity contribution in [3.05, 3.63) is 16.1 Å². The van der Waals surface area contributed by atoms with Crippen molar-refractivity contribution in [1.29, 1.82) is 0 Å². The van der Waals surface area contributed by atoms with Crippen molar-refractivity contribution in [2.45, 2.75) is 71.9 Å². The third kappa shape index (κ3) is 3.12. The molecule has 0 aromatic carbocycles. The van der Waals surface area contributed by atoms with Gasteiger partial charge in [-0.2, -0.15) is 0 Å². The van der Waals surface area contributed by atoms with Gasteiger partial charge < -0.3 is 5.32 Å². The minimum Gasteiger partial charge on any atom is -0.309 e. The van der Waals surface area contributed by atoms with Crippen LogP contribution in [0, 0.1) is 5.41 Å². The Labute approximate surface area is 115 Å². The van der Waals surface area contributed by atoms with Gasteiger partial charge in [-0.1, -0.05) is 41.0 Å². The van der Waals surface area contributed by atoms with Crippen LogP contribution in [0.1, 0.15) is 63.8 Å². The van der Waals surface area contributed by atoms with Gasteiger partial charge in [0.05, 0.1) is 5.01 Å². The minimum atomic E-state index is 0.176. The van der Waals surface area contributed by atoms with E-state index in [1.807, 2.05) is 17.5 Å². The third-order valence-corrected chi connectivity index (χ3v) is 5.40. The Bertz CT molecular complexity index is 401. The summed E-state index contributed by atoms with van der Waals surface area (Å²) in [6.45, 7) is 12.4. The standard InChI is InChI=1S/C15H26N2S/c1-14(2,3)13-17-10-11(18-13)9-16-12-7-6-8-15(12,4)5/h10,12,16H,6-9H2,1-5H3. The van der Waals surface area contributed by atoms with Crippen molar-refractivity contribution < 1.29 is 0 Å². The predicted octanol–water partition coefficient (Wildman–Crippen LogP) is 4.11. The second-order valence-corrected chi connectivity index (χ2v) is 8.31. The number of aromatic nitrogens is 1. The van der Waals surface area contributed by atoms with E-state index in [2.05, 4.69) is 44.9 Å². The maximum absolute atomic E-state index is 4.55. The van der Waals surface area contributed by atoms with E-state index in [1.54, 1.807) is 0 Å². The zero-order valence-corrected chi connectivity index (χ0v) is 13.2. The van der Waals surface area contributed by atoms with Crippen LogP contribution < -0.4 is 5.32 Å². The average Bonchev–Trinajstić information content (AvgIpc) is 2.80. The first kappa shape index (κ1) is 14.0. The van der Waals surface area contributed by atoms with Gasteiger partial charge in [-0.15, -0.1) is 11.3 Å². The first-order valence-corrected chi connectivity index (χ1v) is 7.79. The summed E-state index contributed by atoms with van der Waals surface area (Å²) in [5.74, 6) is 0. The van der Waals surface area contributed by atoms with E-state index in [-0.39, 0.29) is 5.41 Å². The molecule has 2 rings (SSSR count). The summed E-state index contributed by atoms with van der Waals surface area (Å²) >= 11 is 1.85. The van der Waals surface area contributed by atoms with Gasteiger partial charge >= 0.3 is 0 Å². The van der Waals surface area contributed by atoms with Crippen LogP contribution in [0.15, 0.2) is 6.20 Å². The van der Waals surface area contributed by atoms with E-state index in [9.17, 15) is 0 Å². The van der Waals surface area contributed by atoms with Crippen molar-refractivity contribution in [1.82, 2.24) is 10.3 Å². The molecule has 1 N–H and O–H groups in total. The molecule has 0 aliphatic heterocycles. The molecule has 0 amide bonds. The lowest BCUT2D eigenvalue weighted by Crippen LogP contribution is -2.37. The van der Waals surface area contributed by atoms with Crippen LogP contribution in [0.3, 0.4) is 0 Å². The van der Waals surface area contributed by atoms with E-state index >= 15 is 0 Å². The fraction of sp³-hybridized carbons (Fsp3) is 0.800. The molecule has 0 saturated heterocycles. The number of thiazole rings is 1. The SMILES string of the molecule is CC(C)(C)c1ncc(CNC2CCCC2(C)C)s1. The van der Waals surface area contributed by atoms with Gasteiger partial charge in [-0.3, -0.25) is 0 Å². The van der Waals surface area contributed by atoms with Crippen LogP contribution in [-0.4, -0.2) is 11.0 Å². The molecule has 0 bridgehead atoms. The summed E-state index contributed by atoms with van der Waals surface area (Å²) < 4.78 is 0. The number of hydrogen-bond donors (Lipinski definition) is 1. The monoisotopic (exact) mass is 266 g/mol. The highest BCUT2D eigenvalue weighted by Crippen LogP contribution is 2.37. The largest absolute Gasteiger partial charge is 0.309 e. The molecule has 0 radical (unpaired) electrons. The van der Waals surface area contributed by atoms with Crippen molar-refractivity contribution in [2.24, 2.45) is 5.41 Å². The molecule has 3 heteroatoms. The van der Waals surface area contributed by atoms with Gasteiger partial charge in [0.2, 0.25) is 0 Å². The highest BCUT2D eigenvalue weighted by atomic mass is 32.1. The van der Waals surface area contributed by atoms with Crippen LogP contribution in [0.5, 0.6) is 0 Å². The predicted molar refractivity (Wildman–Crippen MR) is 79.1 cm³/mol. The van der Waals surface area contributed by atoms with E-state index in [1.165, 1.54) is 29.1 Å². The van der Waals surface area contributed by atoms with Crippen LogP contribution in [-0.2, 0) is 12.0 Å². The molecular weight excluding hydrogens is 240 g/mol. The first-order valence-electron chi connectivity index (χ1n) is 6.97. The lowest BCUT2D eigenvalue weighted by atomic mass is 9.87. The molecule has 1 aliphatic carbocycles. The molecule has 1 aliphatic rings. The molecule has 18 heavy (non-hydrogen) atoms. The van der Waals surface area contributed by atoms with Crippen LogP contribution in [0.4, 0.5) is 0 Å². The van der Waals surface area contributed by atoms with E-state index in [4.69, 9.17) is 0 Å². The van der Waals surface area contributed by atoms with Crippen molar-refractivity contribution >= 4 is 11.3 Å². The molecule has 1 unspecified atom stereocenters. The Morgan fingerprint density at radius 1 is 1.44 bits per heavy atom. The summed E-state index contributed by atoms with van der Waals surface area (Å²) in [4.78, 5) is 5.91. The van der Waals surface area contributed by atoms with Gasteiger partial charge in [0.25, 0.3) is 0 Å². The van der Waals surface area contributed by atoms with E-state index in [0.29, 0.717) is 11.5 Å². The maximum Gasteiger partial charge on any atom is 0.0981 e. The highest BCUT2D eigenvalue weighted by Gasteiger charge is 2.33. The first-order chi connectivity index (χ1) is 8.29. The third-order valence-electron chi connectivity index (χ3n) is 3.98. The fourth-order valence-electron chi connectivity index (χ4n) is 2.66. The van der Waals surface area contributed by atoms with Gasteiger partial charge in [0.15, 0.2) is 0 Å². The van der Waals surface area contributed by atoms with E-state index in [0.717, 1.165) is 6.54 Å². The molecule has 1 aromatic heterocycles. The fourth-order valence-corrected chi connectivity index (χ4v) is 3.59. The molecule has 1 heterocycles. The van der Waals surface area contributed by atoms with Gasteiger partial charge in [0.1, 0.15) is 0 Å². The molecule has 0 spiro atoms. The number of nitrogens with zero attached hydrogens (tertiary/aromatic N) is 1. The minimum absolute atomic E-state index is 0.176. The van der Waals surface area contributed by atoms with Gasteiger partial charge in [-0.05, 0) is 18.3 Å². The second-order valence-electron chi connectivity index (χ2n) is 7.20. The Hall–Kier alpha value is -0.410. The normalized spacial score (nSPS) is 23.5. The van der Waals surface area contributed by atoms with Crippen molar-refractivity contribution in [3.63, 3.8) is 0 Å². The molecule has 2 nitrogen and oxygen atoms in total. The topological polar surface area (TPSA) is 24.9 Å². The van der Waals surface area contributed by atoms with Crippen LogP contribution >= 0.6 is 11.3 Å². The molecule has 102 valence electrons. The summed E-state index contributed by atoms with van der Waals surface area (Å²) in [6, 6.07) is 0.665. The summed E-state index contributed by atoms with van der Waals surface area (Å²) in [7, 11) is 0. The smallest absolute Gasteiger partial charge is 0.0981 e. The summed E-state index contributed by atoms with van der Waals surface area (Å²) in [6.07, 6.45) is 6.07. The number of nitrogens with one attached hydrogen (secondary N) is 1. The quantitative estimate of drug-likeness (QED) is 0.890. The zero-order chi connectivity index (χ0) is 13.4. The highest BCUT2D eigenvalue weighted by molar-refractivity contribution is 7.11. The van der Waals surface area contributed by atoms with Crippen LogP contribution in [0.25, 0.3) is 0 Å². The number of hydrogen-bond acceptors (Lipinski definition) is 3. The van der Waals surface area contributed by atoms with Gasteiger partial charge in [-0.25, -0.2) is 4.98 Å². The second kappa shape index (κ2) is 4.93. The Morgan fingerprint density at radius 2 is 2.17 bits per heavy atom. The molecule has 1 aromatic rings. The number of rotatable bonds is 3. The van der Waals surface area contributed by atoms with E-state index < -0.39 is 0 Å². The Morgan fingerprint density at radius 3 is 2.67 bits per heavy atom. The molecule has 1 fully saturated rings. The molecular formula is C15H26N2S.